The highest BCUT2D eigenvalue weighted by molar-refractivity contribution is 6.30. The topological polar surface area (TPSA) is 17.1 Å². The van der Waals surface area contributed by atoms with Crippen molar-refractivity contribution in [2.24, 2.45) is 0 Å². The van der Waals surface area contributed by atoms with Gasteiger partial charge in [-0.25, -0.2) is 0 Å². The second-order valence-electron chi connectivity index (χ2n) is 3.97. The number of hydrogen-bond donors (Lipinski definition) is 0. The average molecular weight is 255 g/mol. The third-order valence-electron chi connectivity index (χ3n) is 2.53. The normalized spacial score (nSPS) is 9.44. The van der Waals surface area contributed by atoms with Gasteiger partial charge in [0.25, 0.3) is 0 Å². The summed E-state index contributed by atoms with van der Waals surface area (Å²) in [4.78, 5) is 10.9. The van der Waals surface area contributed by atoms with Crippen LogP contribution in [-0.2, 0) is 0 Å². The number of benzene rings is 2. The number of aryl methyl sites for hydroxylation is 1. The van der Waals surface area contributed by atoms with E-state index in [4.69, 9.17) is 11.6 Å². The molecule has 0 spiro atoms. The minimum absolute atomic E-state index is 0.516. The zero-order chi connectivity index (χ0) is 13.0. The lowest BCUT2D eigenvalue weighted by Gasteiger charge is -1.97. The van der Waals surface area contributed by atoms with Crippen molar-refractivity contribution in [1.29, 1.82) is 0 Å². The molecule has 2 aromatic carbocycles. The molecule has 0 aliphatic heterocycles. The Morgan fingerprint density at radius 1 is 1.06 bits per heavy atom. The Kier molecular flexibility index (Phi) is 3.82. The van der Waals surface area contributed by atoms with Crippen LogP contribution in [0.4, 0.5) is 0 Å². The summed E-state index contributed by atoms with van der Waals surface area (Å²) in [5, 5.41) is 0.540. The van der Waals surface area contributed by atoms with E-state index in [-0.39, 0.29) is 0 Å². The first-order valence-electron chi connectivity index (χ1n) is 5.52. The highest BCUT2D eigenvalue weighted by atomic mass is 35.5. The molecule has 0 bridgehead atoms. The number of carbonyl (C=O) groups is 1. The van der Waals surface area contributed by atoms with Crippen LogP contribution >= 0.6 is 11.6 Å². The summed E-state index contributed by atoms with van der Waals surface area (Å²) in [6, 6.07) is 13.0. The quantitative estimate of drug-likeness (QED) is 0.558. The van der Waals surface area contributed by atoms with Gasteiger partial charge in [0.1, 0.15) is 0 Å². The molecule has 0 unspecified atom stereocenters. The molecule has 0 aliphatic rings. The first-order chi connectivity index (χ1) is 8.69. The fraction of sp³-hybridized carbons (Fsp3) is 0.0625. The Bertz CT molecular complexity index is 630. The Labute approximate surface area is 111 Å². The average Bonchev–Trinajstić information content (AvgIpc) is 2.39. The minimum Gasteiger partial charge on any atom is -0.298 e. The summed E-state index contributed by atoms with van der Waals surface area (Å²) in [7, 11) is 0. The summed E-state index contributed by atoms with van der Waals surface area (Å²) >= 11 is 5.82. The third-order valence-corrected chi connectivity index (χ3v) is 2.77. The maximum absolute atomic E-state index is 10.9. The fourth-order valence-electron chi connectivity index (χ4n) is 1.52. The summed E-state index contributed by atoms with van der Waals surface area (Å²) in [6.45, 7) is 2.03. The van der Waals surface area contributed by atoms with Gasteiger partial charge in [0, 0.05) is 21.7 Å². The highest BCUT2D eigenvalue weighted by Crippen LogP contribution is 2.14. The molecular formula is C16H11ClO. The summed E-state index contributed by atoms with van der Waals surface area (Å²) < 4.78 is 0. The molecule has 88 valence electrons. The van der Waals surface area contributed by atoms with Crippen molar-refractivity contribution in [2.75, 3.05) is 0 Å². The number of carbonyl (C=O) groups excluding carboxylic acids is 1. The van der Waals surface area contributed by atoms with E-state index in [0.29, 0.717) is 16.1 Å². The van der Waals surface area contributed by atoms with Crippen molar-refractivity contribution in [2.45, 2.75) is 6.92 Å². The lowest BCUT2D eigenvalue weighted by molar-refractivity contribution is 0.112. The van der Waals surface area contributed by atoms with E-state index in [9.17, 15) is 4.79 Å². The lowest BCUT2D eigenvalue weighted by atomic mass is 10.1. The van der Waals surface area contributed by atoms with E-state index in [1.165, 1.54) is 5.56 Å². The molecule has 0 amide bonds. The van der Waals surface area contributed by atoms with Gasteiger partial charge in [-0.1, -0.05) is 41.1 Å². The van der Waals surface area contributed by atoms with Crippen molar-refractivity contribution in [3.8, 4) is 11.8 Å². The second-order valence-corrected chi connectivity index (χ2v) is 4.40. The van der Waals surface area contributed by atoms with Gasteiger partial charge in [0.2, 0.25) is 0 Å². The fourth-order valence-corrected chi connectivity index (χ4v) is 1.70. The van der Waals surface area contributed by atoms with Gasteiger partial charge >= 0.3 is 0 Å². The molecule has 2 heteroatoms. The minimum atomic E-state index is 0.516. The van der Waals surface area contributed by atoms with Crippen molar-refractivity contribution < 1.29 is 4.79 Å². The van der Waals surface area contributed by atoms with Crippen LogP contribution < -0.4 is 0 Å². The number of halogens is 1. The van der Waals surface area contributed by atoms with E-state index in [1.54, 1.807) is 18.2 Å². The molecule has 0 saturated heterocycles. The molecule has 0 atom stereocenters. The van der Waals surface area contributed by atoms with E-state index >= 15 is 0 Å². The molecule has 2 rings (SSSR count). The van der Waals surface area contributed by atoms with Gasteiger partial charge in [0.15, 0.2) is 6.29 Å². The van der Waals surface area contributed by atoms with Crippen LogP contribution in [0.5, 0.6) is 0 Å². The zero-order valence-electron chi connectivity index (χ0n) is 9.91. The molecule has 1 nitrogen and oxygen atoms in total. The Morgan fingerprint density at radius 2 is 1.78 bits per heavy atom. The molecule has 0 N–H and O–H groups in total. The van der Waals surface area contributed by atoms with Gasteiger partial charge in [-0.3, -0.25) is 4.79 Å². The Balaban J connectivity index is 2.35. The van der Waals surface area contributed by atoms with Crippen LogP contribution in [0.1, 0.15) is 27.0 Å². The van der Waals surface area contributed by atoms with Gasteiger partial charge < -0.3 is 0 Å². The summed E-state index contributed by atoms with van der Waals surface area (Å²) in [6.07, 6.45) is 0.769. The first kappa shape index (κ1) is 12.4. The van der Waals surface area contributed by atoms with E-state index < -0.39 is 0 Å². The van der Waals surface area contributed by atoms with Crippen LogP contribution in [0, 0.1) is 18.8 Å². The van der Waals surface area contributed by atoms with Gasteiger partial charge in [-0.15, -0.1) is 0 Å². The lowest BCUT2D eigenvalue weighted by Crippen LogP contribution is -1.87. The number of hydrogen-bond acceptors (Lipinski definition) is 1. The van der Waals surface area contributed by atoms with Crippen LogP contribution in [0.25, 0.3) is 0 Å². The van der Waals surface area contributed by atoms with E-state index in [0.717, 1.165) is 11.8 Å². The Hall–Kier alpha value is -2.04. The maximum atomic E-state index is 10.9. The predicted octanol–water partition coefficient (Wildman–Crippen LogP) is 3.86. The smallest absolute Gasteiger partial charge is 0.151 e. The van der Waals surface area contributed by atoms with Crippen molar-refractivity contribution in [3.05, 3.63) is 69.7 Å². The first-order valence-corrected chi connectivity index (χ1v) is 5.90. The van der Waals surface area contributed by atoms with Crippen LogP contribution in [0.3, 0.4) is 0 Å². The molecule has 0 aliphatic carbocycles. The zero-order valence-corrected chi connectivity index (χ0v) is 10.7. The van der Waals surface area contributed by atoms with Gasteiger partial charge in [0.05, 0.1) is 0 Å². The summed E-state index contributed by atoms with van der Waals surface area (Å²) in [5.41, 5.74) is 3.32. The Morgan fingerprint density at radius 3 is 2.44 bits per heavy atom. The molecule has 0 saturated carbocycles. The maximum Gasteiger partial charge on any atom is 0.151 e. The van der Waals surface area contributed by atoms with Crippen molar-refractivity contribution >= 4 is 17.9 Å². The third kappa shape index (κ3) is 3.00. The van der Waals surface area contributed by atoms with Crippen LogP contribution in [-0.4, -0.2) is 6.29 Å². The molecular weight excluding hydrogens is 244 g/mol. The van der Waals surface area contributed by atoms with Crippen molar-refractivity contribution in [3.63, 3.8) is 0 Å². The molecule has 0 radical (unpaired) electrons. The highest BCUT2D eigenvalue weighted by Gasteiger charge is 1.99. The van der Waals surface area contributed by atoms with Gasteiger partial charge in [-0.2, -0.15) is 0 Å². The number of aldehydes is 1. The SMILES string of the molecule is Cc1ccc(C#Cc2ccc(Cl)cc2C=O)cc1. The summed E-state index contributed by atoms with van der Waals surface area (Å²) in [5.74, 6) is 6.02. The standard InChI is InChI=1S/C16H11ClO/c1-12-2-4-13(5-3-12)6-7-14-8-9-16(17)10-15(14)11-18/h2-5,8-11H,1H3. The molecule has 0 heterocycles. The second kappa shape index (κ2) is 5.53. The van der Waals surface area contributed by atoms with Crippen molar-refractivity contribution in [1.82, 2.24) is 0 Å². The van der Waals surface area contributed by atoms with E-state index in [1.807, 2.05) is 31.2 Å². The van der Waals surface area contributed by atoms with Gasteiger partial charge in [-0.05, 0) is 37.3 Å². The van der Waals surface area contributed by atoms with E-state index in [2.05, 4.69) is 11.8 Å². The molecule has 2 aromatic rings. The molecule has 0 fully saturated rings. The predicted molar refractivity (Wildman–Crippen MR) is 74.0 cm³/mol. The number of rotatable bonds is 1. The molecule has 0 aromatic heterocycles. The molecule has 18 heavy (non-hydrogen) atoms. The van der Waals surface area contributed by atoms with Crippen LogP contribution in [0.15, 0.2) is 42.5 Å². The largest absolute Gasteiger partial charge is 0.298 e. The van der Waals surface area contributed by atoms with Crippen LogP contribution in [0.2, 0.25) is 5.02 Å². The monoisotopic (exact) mass is 254 g/mol.